The minimum atomic E-state index is -3.25. The van der Waals surface area contributed by atoms with E-state index in [0.717, 1.165) is 45.1 Å². The van der Waals surface area contributed by atoms with Gasteiger partial charge in [-0.1, -0.05) is 19.8 Å². The summed E-state index contributed by atoms with van der Waals surface area (Å²) in [5, 5.41) is 3.44. The van der Waals surface area contributed by atoms with Gasteiger partial charge in [0.2, 0.25) is 0 Å². The zero-order chi connectivity index (χ0) is 15.3. The second-order valence-electron chi connectivity index (χ2n) is 6.43. The summed E-state index contributed by atoms with van der Waals surface area (Å²) in [6.07, 6.45) is 6.43. The fourth-order valence-electron chi connectivity index (χ4n) is 3.52. The van der Waals surface area contributed by atoms with Crippen molar-refractivity contribution in [3.05, 3.63) is 0 Å². The highest BCUT2D eigenvalue weighted by atomic mass is 32.2. The number of hydrogen-bond donors (Lipinski definition) is 1. The summed E-state index contributed by atoms with van der Waals surface area (Å²) >= 11 is 0. The normalized spacial score (nSPS) is 28.2. The standard InChI is InChI=1S/C15H31N3O2S/c1-3-16-14(2)15-9-8-12-18(13-15)21(19,20)17-10-6-4-5-7-11-17/h14-16H,3-13H2,1-2H3. The highest BCUT2D eigenvalue weighted by Gasteiger charge is 2.35. The lowest BCUT2D eigenvalue weighted by molar-refractivity contribution is 0.213. The van der Waals surface area contributed by atoms with Gasteiger partial charge in [0.25, 0.3) is 10.2 Å². The van der Waals surface area contributed by atoms with Crippen LogP contribution >= 0.6 is 0 Å². The molecule has 1 N–H and O–H groups in total. The molecule has 0 aliphatic carbocycles. The number of hydrogen-bond acceptors (Lipinski definition) is 3. The number of piperidine rings is 1. The quantitative estimate of drug-likeness (QED) is 0.841. The first-order valence-corrected chi connectivity index (χ1v) is 9.94. The zero-order valence-corrected chi connectivity index (χ0v) is 14.4. The van der Waals surface area contributed by atoms with Crippen molar-refractivity contribution in [2.24, 2.45) is 5.92 Å². The Morgan fingerprint density at radius 2 is 1.67 bits per heavy atom. The molecular formula is C15H31N3O2S. The van der Waals surface area contributed by atoms with Crippen molar-refractivity contribution in [3.63, 3.8) is 0 Å². The summed E-state index contributed by atoms with van der Waals surface area (Å²) in [6, 6.07) is 0.386. The van der Waals surface area contributed by atoms with E-state index >= 15 is 0 Å². The summed E-state index contributed by atoms with van der Waals surface area (Å²) in [5.74, 6) is 0.431. The molecule has 2 heterocycles. The molecule has 6 heteroatoms. The van der Waals surface area contributed by atoms with Crippen LogP contribution < -0.4 is 5.32 Å². The van der Waals surface area contributed by atoms with E-state index in [1.807, 2.05) is 0 Å². The summed E-state index contributed by atoms with van der Waals surface area (Å²) < 4.78 is 29.2. The second-order valence-corrected chi connectivity index (χ2v) is 8.36. The molecule has 0 spiro atoms. The van der Waals surface area contributed by atoms with Crippen LogP contribution in [0.1, 0.15) is 52.4 Å². The molecule has 2 unspecified atom stereocenters. The van der Waals surface area contributed by atoms with Gasteiger partial charge in [-0.05, 0) is 45.1 Å². The van der Waals surface area contributed by atoms with E-state index in [9.17, 15) is 8.42 Å². The lowest BCUT2D eigenvalue weighted by Crippen LogP contribution is -2.51. The smallest absolute Gasteiger partial charge is 0.281 e. The maximum absolute atomic E-state index is 12.9. The third-order valence-electron chi connectivity index (χ3n) is 4.87. The zero-order valence-electron chi connectivity index (χ0n) is 13.6. The molecule has 124 valence electrons. The molecule has 21 heavy (non-hydrogen) atoms. The van der Waals surface area contributed by atoms with Crippen LogP contribution in [0, 0.1) is 5.92 Å². The molecule has 0 saturated carbocycles. The highest BCUT2D eigenvalue weighted by Crippen LogP contribution is 2.25. The average molecular weight is 317 g/mol. The van der Waals surface area contributed by atoms with Gasteiger partial charge in [-0.3, -0.25) is 0 Å². The molecule has 2 saturated heterocycles. The number of nitrogens with zero attached hydrogens (tertiary/aromatic N) is 2. The Bertz CT molecular complexity index is 405. The predicted molar refractivity (Wildman–Crippen MR) is 86.4 cm³/mol. The summed E-state index contributed by atoms with van der Waals surface area (Å²) in [6.45, 7) is 7.98. The van der Waals surface area contributed by atoms with Crippen LogP contribution in [0.15, 0.2) is 0 Å². The van der Waals surface area contributed by atoms with Gasteiger partial charge in [0.05, 0.1) is 0 Å². The van der Waals surface area contributed by atoms with E-state index in [4.69, 9.17) is 0 Å². The second kappa shape index (κ2) is 7.90. The lowest BCUT2D eigenvalue weighted by Gasteiger charge is -2.37. The van der Waals surface area contributed by atoms with Crippen LogP contribution in [0.5, 0.6) is 0 Å². The van der Waals surface area contributed by atoms with Crippen LogP contribution in [0.25, 0.3) is 0 Å². The highest BCUT2D eigenvalue weighted by molar-refractivity contribution is 7.86. The summed E-state index contributed by atoms with van der Waals surface area (Å²) in [4.78, 5) is 0. The van der Waals surface area contributed by atoms with E-state index in [-0.39, 0.29) is 0 Å². The Hall–Kier alpha value is -0.170. The molecule has 0 bridgehead atoms. The van der Waals surface area contributed by atoms with Gasteiger partial charge in [0, 0.05) is 32.2 Å². The fraction of sp³-hybridized carbons (Fsp3) is 1.00. The van der Waals surface area contributed by atoms with Gasteiger partial charge in [-0.25, -0.2) is 0 Å². The minimum absolute atomic E-state index is 0.386. The Kier molecular flexibility index (Phi) is 6.47. The van der Waals surface area contributed by atoms with Gasteiger partial charge in [0.15, 0.2) is 0 Å². The molecular weight excluding hydrogens is 286 g/mol. The maximum atomic E-state index is 12.9. The van der Waals surface area contributed by atoms with Crippen molar-refractivity contribution in [1.29, 1.82) is 0 Å². The Morgan fingerprint density at radius 1 is 1.05 bits per heavy atom. The van der Waals surface area contributed by atoms with E-state index in [1.54, 1.807) is 8.61 Å². The van der Waals surface area contributed by atoms with E-state index in [2.05, 4.69) is 19.2 Å². The summed E-state index contributed by atoms with van der Waals surface area (Å²) in [7, 11) is -3.25. The van der Waals surface area contributed by atoms with E-state index in [1.165, 1.54) is 0 Å². The largest absolute Gasteiger partial charge is 0.314 e. The van der Waals surface area contributed by atoms with Crippen molar-refractivity contribution in [2.45, 2.75) is 58.4 Å². The molecule has 2 atom stereocenters. The van der Waals surface area contributed by atoms with Crippen LogP contribution in [0.2, 0.25) is 0 Å². The van der Waals surface area contributed by atoms with Gasteiger partial charge in [0.1, 0.15) is 0 Å². The molecule has 2 fully saturated rings. The monoisotopic (exact) mass is 317 g/mol. The molecule has 0 aromatic rings. The van der Waals surface area contributed by atoms with Gasteiger partial charge >= 0.3 is 0 Å². The molecule has 0 aromatic heterocycles. The van der Waals surface area contributed by atoms with Crippen LogP contribution in [0.4, 0.5) is 0 Å². The Balaban J connectivity index is 2.01. The van der Waals surface area contributed by atoms with Crippen molar-refractivity contribution in [2.75, 3.05) is 32.7 Å². The first-order chi connectivity index (χ1) is 10.1. The van der Waals surface area contributed by atoms with Gasteiger partial charge in [-0.15, -0.1) is 0 Å². The lowest BCUT2D eigenvalue weighted by atomic mass is 9.93. The maximum Gasteiger partial charge on any atom is 0.281 e. The molecule has 5 nitrogen and oxygen atoms in total. The molecule has 0 aromatic carbocycles. The van der Waals surface area contributed by atoms with Gasteiger partial charge < -0.3 is 5.32 Å². The van der Waals surface area contributed by atoms with Crippen LogP contribution in [0.3, 0.4) is 0 Å². The topological polar surface area (TPSA) is 52.7 Å². The fourth-order valence-corrected chi connectivity index (χ4v) is 5.30. The number of nitrogens with one attached hydrogen (secondary N) is 1. The SMILES string of the molecule is CCNC(C)C1CCCN(S(=O)(=O)N2CCCCCC2)C1. The van der Waals surface area contributed by atoms with Crippen LogP contribution in [-0.4, -0.2) is 55.8 Å². The third-order valence-corrected chi connectivity index (χ3v) is 6.87. The minimum Gasteiger partial charge on any atom is -0.314 e. The molecule has 0 amide bonds. The summed E-state index contributed by atoms with van der Waals surface area (Å²) in [5.41, 5.74) is 0. The molecule has 0 radical (unpaired) electrons. The van der Waals surface area contributed by atoms with Crippen molar-refractivity contribution >= 4 is 10.2 Å². The van der Waals surface area contributed by atoms with Gasteiger partial charge in [-0.2, -0.15) is 17.0 Å². The predicted octanol–water partition coefficient (Wildman–Crippen LogP) is 1.82. The molecule has 2 aliphatic rings. The number of rotatable bonds is 5. The first-order valence-electron chi connectivity index (χ1n) is 8.54. The Labute approximate surface area is 130 Å². The van der Waals surface area contributed by atoms with E-state index < -0.39 is 10.2 Å². The average Bonchev–Trinajstić information content (AvgIpc) is 2.77. The van der Waals surface area contributed by atoms with E-state index in [0.29, 0.717) is 38.1 Å². The first kappa shape index (κ1) is 17.2. The molecule has 2 rings (SSSR count). The third kappa shape index (κ3) is 4.41. The van der Waals surface area contributed by atoms with Crippen molar-refractivity contribution < 1.29 is 8.42 Å². The molecule has 2 aliphatic heterocycles. The van der Waals surface area contributed by atoms with Crippen LogP contribution in [-0.2, 0) is 10.2 Å². The Morgan fingerprint density at radius 3 is 2.29 bits per heavy atom. The van der Waals surface area contributed by atoms with Crippen molar-refractivity contribution in [1.82, 2.24) is 13.9 Å². The van der Waals surface area contributed by atoms with Crippen molar-refractivity contribution in [3.8, 4) is 0 Å².